The molecule has 0 aromatic carbocycles. The maximum absolute atomic E-state index is 12.9. The summed E-state index contributed by atoms with van der Waals surface area (Å²) in [6.07, 6.45) is -4.39. The van der Waals surface area contributed by atoms with Crippen molar-refractivity contribution in [2.24, 2.45) is 13.0 Å². The Morgan fingerprint density at radius 3 is 2.47 bits per heavy atom. The summed E-state index contributed by atoms with van der Waals surface area (Å²) in [6, 6.07) is 2.90. The number of fused-ring (bicyclic) bond motifs is 1. The quantitative estimate of drug-likeness (QED) is 0.669. The number of rotatable bonds is 4. The van der Waals surface area contributed by atoms with Gasteiger partial charge in [0.15, 0.2) is 0 Å². The van der Waals surface area contributed by atoms with Gasteiger partial charge >= 0.3 is 12.1 Å². The minimum absolute atomic E-state index is 0.0442. The largest absolute Gasteiger partial charge is 0.506 e. The van der Waals surface area contributed by atoms with Gasteiger partial charge in [-0.05, 0) is 25.0 Å². The third kappa shape index (κ3) is 4.02. The molecule has 162 valence electrons. The van der Waals surface area contributed by atoms with Crippen LogP contribution in [-0.4, -0.2) is 57.5 Å². The van der Waals surface area contributed by atoms with Crippen molar-refractivity contribution in [3.63, 3.8) is 0 Å². The molecular formula is C18H19F3N4O5. The van der Waals surface area contributed by atoms with Gasteiger partial charge < -0.3 is 20.4 Å². The molecule has 2 aromatic rings. The smallest absolute Gasteiger partial charge is 0.391 e. The first-order valence-electron chi connectivity index (χ1n) is 9.05. The van der Waals surface area contributed by atoms with Gasteiger partial charge in [-0.25, -0.2) is 4.98 Å². The lowest BCUT2D eigenvalue weighted by molar-refractivity contribution is -0.179. The lowest BCUT2D eigenvalue weighted by Crippen LogP contribution is -2.39. The molecule has 0 unspecified atom stereocenters. The molecule has 0 saturated carbocycles. The molecule has 0 spiro atoms. The molecule has 3 rings (SSSR count). The number of pyridine rings is 2. The molecule has 0 radical (unpaired) electrons. The minimum atomic E-state index is -4.24. The molecule has 1 aliphatic heterocycles. The fourth-order valence-electron chi connectivity index (χ4n) is 3.44. The van der Waals surface area contributed by atoms with Crippen molar-refractivity contribution in [1.29, 1.82) is 0 Å². The van der Waals surface area contributed by atoms with Gasteiger partial charge in [0.1, 0.15) is 29.3 Å². The maximum Gasteiger partial charge on any atom is 0.391 e. The lowest BCUT2D eigenvalue weighted by Gasteiger charge is -2.33. The number of aryl methyl sites for hydroxylation is 1. The van der Waals surface area contributed by atoms with E-state index < -0.39 is 47.4 Å². The Hall–Kier alpha value is -3.31. The average molecular weight is 428 g/mol. The first-order valence-corrected chi connectivity index (χ1v) is 9.05. The van der Waals surface area contributed by atoms with E-state index in [4.69, 9.17) is 5.11 Å². The van der Waals surface area contributed by atoms with Crippen molar-refractivity contribution in [1.82, 2.24) is 14.9 Å². The Bertz CT molecular complexity index is 1060. The lowest BCUT2D eigenvalue weighted by atomic mass is 9.96. The molecule has 1 amide bonds. The van der Waals surface area contributed by atoms with Crippen LogP contribution >= 0.6 is 0 Å². The predicted molar refractivity (Wildman–Crippen MR) is 99.6 cm³/mol. The molecule has 0 aliphatic carbocycles. The van der Waals surface area contributed by atoms with Gasteiger partial charge in [0.25, 0.3) is 11.5 Å². The number of aromatic nitrogens is 2. The van der Waals surface area contributed by atoms with E-state index in [0.717, 1.165) is 4.57 Å². The van der Waals surface area contributed by atoms with Crippen LogP contribution in [0.15, 0.2) is 16.9 Å². The van der Waals surface area contributed by atoms with Crippen LogP contribution in [0.2, 0.25) is 0 Å². The Morgan fingerprint density at radius 2 is 1.90 bits per heavy atom. The van der Waals surface area contributed by atoms with Gasteiger partial charge in [-0.2, -0.15) is 13.2 Å². The highest BCUT2D eigenvalue weighted by Crippen LogP contribution is 2.35. The average Bonchev–Trinajstić information content (AvgIpc) is 2.69. The zero-order valence-corrected chi connectivity index (χ0v) is 15.9. The van der Waals surface area contributed by atoms with Crippen molar-refractivity contribution < 1.29 is 33.0 Å². The number of aromatic hydroxyl groups is 1. The second-order valence-corrected chi connectivity index (χ2v) is 7.01. The first-order chi connectivity index (χ1) is 14.0. The number of amides is 1. The molecule has 1 fully saturated rings. The zero-order chi connectivity index (χ0) is 22.2. The van der Waals surface area contributed by atoms with Gasteiger partial charge in [-0.3, -0.25) is 19.0 Å². The van der Waals surface area contributed by atoms with Gasteiger partial charge in [-0.1, -0.05) is 0 Å². The second kappa shape index (κ2) is 7.84. The van der Waals surface area contributed by atoms with Gasteiger partial charge in [0.2, 0.25) is 0 Å². The summed E-state index contributed by atoms with van der Waals surface area (Å²) in [7, 11) is 1.32. The van der Waals surface area contributed by atoms with E-state index in [2.05, 4.69) is 4.98 Å². The zero-order valence-electron chi connectivity index (χ0n) is 15.9. The van der Waals surface area contributed by atoms with Crippen LogP contribution in [0.25, 0.3) is 11.0 Å². The number of hydrogen-bond acceptors (Lipinski definition) is 6. The number of halogens is 3. The number of nitrogens with one attached hydrogen (secondary N) is 1. The van der Waals surface area contributed by atoms with Crippen LogP contribution in [0.5, 0.6) is 5.75 Å². The molecule has 30 heavy (non-hydrogen) atoms. The highest BCUT2D eigenvalue weighted by atomic mass is 19.4. The number of aliphatic carboxylic acids is 1. The highest BCUT2D eigenvalue weighted by molar-refractivity contribution is 6.02. The Morgan fingerprint density at radius 1 is 1.27 bits per heavy atom. The third-order valence-corrected chi connectivity index (χ3v) is 5.10. The van der Waals surface area contributed by atoms with E-state index in [1.165, 1.54) is 19.2 Å². The van der Waals surface area contributed by atoms with E-state index >= 15 is 0 Å². The summed E-state index contributed by atoms with van der Waals surface area (Å²) < 4.78 is 39.6. The van der Waals surface area contributed by atoms with E-state index in [1.54, 1.807) is 4.90 Å². The topological polar surface area (TPSA) is 125 Å². The number of carbonyl (C=O) groups is 2. The third-order valence-electron chi connectivity index (χ3n) is 5.10. The molecule has 0 atom stereocenters. The van der Waals surface area contributed by atoms with Crippen molar-refractivity contribution in [2.75, 3.05) is 24.5 Å². The number of nitrogens with zero attached hydrogens (tertiary/aromatic N) is 3. The number of carboxylic acids is 1. The van der Waals surface area contributed by atoms with Crippen molar-refractivity contribution >= 4 is 28.7 Å². The Kier molecular flexibility index (Phi) is 5.59. The molecule has 3 N–H and O–H groups in total. The molecule has 2 aromatic heterocycles. The summed E-state index contributed by atoms with van der Waals surface area (Å²) in [5.41, 5.74) is -1.46. The molecule has 9 nitrogen and oxygen atoms in total. The molecule has 1 saturated heterocycles. The summed E-state index contributed by atoms with van der Waals surface area (Å²) in [5, 5.41) is 21.2. The number of carboxylic acid groups (broad SMARTS) is 1. The van der Waals surface area contributed by atoms with Gasteiger partial charge in [0.05, 0.1) is 11.3 Å². The molecule has 0 bridgehead atoms. The van der Waals surface area contributed by atoms with Crippen molar-refractivity contribution in [2.45, 2.75) is 19.0 Å². The van der Waals surface area contributed by atoms with Crippen LogP contribution < -0.4 is 15.8 Å². The van der Waals surface area contributed by atoms with Crippen LogP contribution in [0.4, 0.5) is 19.0 Å². The van der Waals surface area contributed by atoms with Gasteiger partial charge in [0, 0.05) is 20.1 Å². The summed E-state index contributed by atoms with van der Waals surface area (Å²) in [6.45, 7) is -0.457. The van der Waals surface area contributed by atoms with Crippen LogP contribution in [0, 0.1) is 5.92 Å². The van der Waals surface area contributed by atoms with Crippen LogP contribution in [0.1, 0.15) is 23.2 Å². The Labute approximate surface area is 167 Å². The first kappa shape index (κ1) is 21.4. The van der Waals surface area contributed by atoms with Crippen LogP contribution in [0.3, 0.4) is 0 Å². The number of piperidine rings is 1. The summed E-state index contributed by atoms with van der Waals surface area (Å²) >= 11 is 0. The fourth-order valence-corrected chi connectivity index (χ4v) is 3.44. The van der Waals surface area contributed by atoms with E-state index in [1.807, 2.05) is 5.32 Å². The van der Waals surface area contributed by atoms with Gasteiger partial charge in [-0.15, -0.1) is 0 Å². The summed E-state index contributed by atoms with van der Waals surface area (Å²) in [5.74, 6) is -4.03. The summed E-state index contributed by atoms with van der Waals surface area (Å²) in [4.78, 5) is 41.3. The van der Waals surface area contributed by atoms with Crippen molar-refractivity contribution in [3.8, 4) is 5.75 Å². The highest BCUT2D eigenvalue weighted by Gasteiger charge is 2.41. The van der Waals surface area contributed by atoms with Crippen molar-refractivity contribution in [3.05, 3.63) is 28.0 Å². The van der Waals surface area contributed by atoms with E-state index in [0.29, 0.717) is 5.82 Å². The Balaban J connectivity index is 1.94. The van der Waals surface area contributed by atoms with Crippen LogP contribution in [-0.2, 0) is 11.8 Å². The minimum Gasteiger partial charge on any atom is -0.506 e. The number of alkyl halides is 3. The SMILES string of the molecule is Cn1c(=O)c(C(=O)NCC(=O)O)c(O)c2ccc(N3CCC(C(F)(F)F)CC3)nc21. The van der Waals surface area contributed by atoms with E-state index in [9.17, 15) is 32.7 Å². The number of carbonyl (C=O) groups excluding carboxylic acids is 1. The predicted octanol–water partition coefficient (Wildman–Crippen LogP) is 1.23. The number of anilines is 1. The maximum atomic E-state index is 12.9. The molecular weight excluding hydrogens is 409 g/mol. The monoisotopic (exact) mass is 428 g/mol. The molecule has 3 heterocycles. The molecule has 12 heteroatoms. The standard InChI is InChI=1S/C18H19F3N4O5/c1-24-15-10(14(28)13(17(24)30)16(29)22-8-12(26)27)2-3-11(23-15)25-6-4-9(5-7-25)18(19,20)21/h2-3,9,28H,4-8H2,1H3,(H,22,29)(H,26,27). The second-order valence-electron chi connectivity index (χ2n) is 7.01. The normalized spacial score (nSPS) is 15.4. The van der Waals surface area contributed by atoms with E-state index in [-0.39, 0.29) is 37.0 Å². The number of hydrogen-bond donors (Lipinski definition) is 3. The fraction of sp³-hybridized carbons (Fsp3) is 0.444. The molecule has 1 aliphatic rings.